The lowest BCUT2D eigenvalue weighted by molar-refractivity contribution is 0.186. The van der Waals surface area contributed by atoms with Crippen LogP contribution in [0.25, 0.3) is 0 Å². The number of ether oxygens (including phenoxy) is 1. The van der Waals surface area contributed by atoms with Crippen molar-refractivity contribution >= 4 is 0 Å². The maximum atomic E-state index is 5.13. The summed E-state index contributed by atoms with van der Waals surface area (Å²) in [5, 5.41) is 3.67. The van der Waals surface area contributed by atoms with Crippen LogP contribution in [0.1, 0.15) is 59.3 Å². The van der Waals surface area contributed by atoms with Gasteiger partial charge in [0.1, 0.15) is 0 Å². The molecule has 0 rings (SSSR count). The summed E-state index contributed by atoms with van der Waals surface area (Å²) in [6, 6.07) is 0.694. The second-order valence-electron chi connectivity index (χ2n) is 4.70. The van der Waals surface area contributed by atoms with E-state index in [1.165, 1.54) is 38.5 Å². The summed E-state index contributed by atoms with van der Waals surface area (Å²) >= 11 is 0. The average Bonchev–Trinajstić information content (AvgIpc) is 2.32. The minimum Gasteiger partial charge on any atom is -0.385 e. The summed E-state index contributed by atoms with van der Waals surface area (Å²) in [5.74, 6) is 0.886. The molecule has 0 radical (unpaired) electrons. The predicted molar refractivity (Wildman–Crippen MR) is 71.9 cm³/mol. The summed E-state index contributed by atoms with van der Waals surface area (Å²) in [4.78, 5) is 0. The Kier molecular flexibility index (Phi) is 11.3. The van der Waals surface area contributed by atoms with Crippen LogP contribution in [0, 0.1) is 5.92 Å². The van der Waals surface area contributed by atoms with E-state index in [0.29, 0.717) is 6.04 Å². The van der Waals surface area contributed by atoms with E-state index in [1.54, 1.807) is 7.11 Å². The lowest BCUT2D eigenvalue weighted by Gasteiger charge is -2.23. The van der Waals surface area contributed by atoms with Crippen molar-refractivity contribution in [3.8, 4) is 0 Å². The second kappa shape index (κ2) is 11.4. The van der Waals surface area contributed by atoms with Gasteiger partial charge in [0.25, 0.3) is 0 Å². The van der Waals surface area contributed by atoms with Gasteiger partial charge in [0.15, 0.2) is 0 Å². The predicted octanol–water partition coefficient (Wildman–Crippen LogP) is 3.61. The average molecular weight is 229 g/mol. The molecule has 1 N–H and O–H groups in total. The van der Waals surface area contributed by atoms with Crippen LogP contribution in [0.4, 0.5) is 0 Å². The molecule has 98 valence electrons. The Balaban J connectivity index is 3.87. The summed E-state index contributed by atoms with van der Waals surface area (Å²) in [7, 11) is 1.79. The van der Waals surface area contributed by atoms with Crippen LogP contribution >= 0.6 is 0 Å². The van der Waals surface area contributed by atoms with Crippen molar-refractivity contribution in [2.45, 2.75) is 65.3 Å². The van der Waals surface area contributed by atoms with Gasteiger partial charge in [-0.3, -0.25) is 0 Å². The molecule has 0 amide bonds. The van der Waals surface area contributed by atoms with Gasteiger partial charge in [0.2, 0.25) is 0 Å². The van der Waals surface area contributed by atoms with Gasteiger partial charge in [0.05, 0.1) is 0 Å². The highest BCUT2D eigenvalue weighted by Gasteiger charge is 2.13. The molecule has 0 aromatic carbocycles. The first kappa shape index (κ1) is 15.9. The van der Waals surface area contributed by atoms with Crippen molar-refractivity contribution in [2.24, 2.45) is 5.92 Å². The summed E-state index contributed by atoms with van der Waals surface area (Å²) in [6.45, 7) is 8.89. The second-order valence-corrected chi connectivity index (χ2v) is 4.70. The van der Waals surface area contributed by atoms with Crippen molar-refractivity contribution in [3.05, 3.63) is 0 Å². The Labute approximate surface area is 102 Å². The number of hydrogen-bond donors (Lipinski definition) is 1. The molecule has 1 atom stereocenters. The molecule has 16 heavy (non-hydrogen) atoms. The van der Waals surface area contributed by atoms with Gasteiger partial charge in [-0.25, -0.2) is 0 Å². The molecule has 2 heteroatoms. The van der Waals surface area contributed by atoms with Crippen LogP contribution in [0.5, 0.6) is 0 Å². The molecule has 0 aliphatic carbocycles. The van der Waals surface area contributed by atoms with Crippen molar-refractivity contribution < 1.29 is 4.74 Å². The molecule has 0 saturated heterocycles. The maximum Gasteiger partial charge on any atom is 0.0462 e. The third-order valence-corrected chi connectivity index (χ3v) is 3.36. The Morgan fingerprint density at radius 3 is 2.31 bits per heavy atom. The van der Waals surface area contributed by atoms with E-state index in [0.717, 1.165) is 19.1 Å². The molecule has 0 saturated carbocycles. The SMILES string of the molecule is CCCNC(CCCOC)CC(CC)CC. The first-order valence-electron chi connectivity index (χ1n) is 7.00. The molecule has 0 aliphatic heterocycles. The zero-order valence-electron chi connectivity index (χ0n) is 11.7. The van der Waals surface area contributed by atoms with Crippen LogP contribution in [0.2, 0.25) is 0 Å². The molecule has 0 aromatic heterocycles. The lowest BCUT2D eigenvalue weighted by Crippen LogP contribution is -2.32. The number of nitrogens with one attached hydrogen (secondary N) is 1. The lowest BCUT2D eigenvalue weighted by atomic mass is 9.92. The van der Waals surface area contributed by atoms with E-state index in [1.807, 2.05) is 0 Å². The minimum absolute atomic E-state index is 0.694. The van der Waals surface area contributed by atoms with E-state index in [2.05, 4.69) is 26.1 Å². The first-order valence-corrected chi connectivity index (χ1v) is 7.00. The van der Waals surface area contributed by atoms with Gasteiger partial charge >= 0.3 is 0 Å². The fourth-order valence-corrected chi connectivity index (χ4v) is 2.15. The van der Waals surface area contributed by atoms with Crippen molar-refractivity contribution in [1.82, 2.24) is 5.32 Å². The zero-order chi connectivity index (χ0) is 12.2. The van der Waals surface area contributed by atoms with Gasteiger partial charge in [-0.05, 0) is 38.1 Å². The molecule has 0 fully saturated rings. The zero-order valence-corrected chi connectivity index (χ0v) is 11.7. The summed E-state index contributed by atoms with van der Waals surface area (Å²) in [5.41, 5.74) is 0. The van der Waals surface area contributed by atoms with Crippen LogP contribution in [0.15, 0.2) is 0 Å². The highest BCUT2D eigenvalue weighted by Crippen LogP contribution is 2.17. The molecule has 1 unspecified atom stereocenters. The molecule has 2 nitrogen and oxygen atoms in total. The van der Waals surface area contributed by atoms with Gasteiger partial charge < -0.3 is 10.1 Å². The van der Waals surface area contributed by atoms with Gasteiger partial charge in [-0.15, -0.1) is 0 Å². The Bertz CT molecular complexity index is 135. The maximum absolute atomic E-state index is 5.13. The summed E-state index contributed by atoms with van der Waals surface area (Å²) < 4.78 is 5.13. The number of hydrogen-bond acceptors (Lipinski definition) is 2. The van der Waals surface area contributed by atoms with E-state index in [-0.39, 0.29) is 0 Å². The quantitative estimate of drug-likeness (QED) is 0.547. The molecule has 0 spiro atoms. The number of rotatable bonds is 11. The van der Waals surface area contributed by atoms with Crippen LogP contribution < -0.4 is 5.32 Å². The van der Waals surface area contributed by atoms with Gasteiger partial charge in [0, 0.05) is 19.8 Å². The molecular formula is C14H31NO. The normalized spacial score (nSPS) is 13.3. The van der Waals surface area contributed by atoms with Crippen LogP contribution in [0.3, 0.4) is 0 Å². The van der Waals surface area contributed by atoms with Crippen molar-refractivity contribution in [1.29, 1.82) is 0 Å². The topological polar surface area (TPSA) is 21.3 Å². The van der Waals surface area contributed by atoms with E-state index in [9.17, 15) is 0 Å². The molecule has 0 aliphatic rings. The van der Waals surface area contributed by atoms with Crippen LogP contribution in [-0.4, -0.2) is 26.3 Å². The first-order chi connectivity index (χ1) is 7.78. The molecular weight excluding hydrogens is 198 g/mol. The van der Waals surface area contributed by atoms with Crippen LogP contribution in [-0.2, 0) is 4.74 Å². The van der Waals surface area contributed by atoms with Gasteiger partial charge in [-0.2, -0.15) is 0 Å². The Hall–Kier alpha value is -0.0800. The smallest absolute Gasteiger partial charge is 0.0462 e. The van der Waals surface area contributed by atoms with E-state index < -0.39 is 0 Å². The molecule has 0 bridgehead atoms. The fraction of sp³-hybridized carbons (Fsp3) is 1.00. The highest BCUT2D eigenvalue weighted by molar-refractivity contribution is 4.71. The largest absolute Gasteiger partial charge is 0.385 e. The van der Waals surface area contributed by atoms with Gasteiger partial charge in [-0.1, -0.05) is 33.6 Å². The van der Waals surface area contributed by atoms with E-state index >= 15 is 0 Å². The Morgan fingerprint density at radius 1 is 1.12 bits per heavy atom. The molecule has 0 aromatic rings. The molecule has 0 heterocycles. The monoisotopic (exact) mass is 229 g/mol. The minimum atomic E-state index is 0.694. The third kappa shape index (κ3) is 8.12. The Morgan fingerprint density at radius 2 is 1.81 bits per heavy atom. The van der Waals surface area contributed by atoms with E-state index in [4.69, 9.17) is 4.74 Å². The van der Waals surface area contributed by atoms with Crippen molar-refractivity contribution in [2.75, 3.05) is 20.3 Å². The number of methoxy groups -OCH3 is 1. The summed E-state index contributed by atoms with van der Waals surface area (Å²) in [6.07, 6.45) is 7.61. The highest BCUT2D eigenvalue weighted by atomic mass is 16.5. The van der Waals surface area contributed by atoms with Crippen molar-refractivity contribution in [3.63, 3.8) is 0 Å². The fourth-order valence-electron chi connectivity index (χ4n) is 2.15. The standard InChI is InChI=1S/C14H31NO/c1-5-10-15-14(9-8-11-16-4)12-13(6-2)7-3/h13-15H,5-12H2,1-4H3. The third-order valence-electron chi connectivity index (χ3n) is 3.36.